The van der Waals surface area contributed by atoms with Crippen LogP contribution < -0.4 is 0 Å². The van der Waals surface area contributed by atoms with Crippen LogP contribution in [-0.4, -0.2) is 36.5 Å². The van der Waals surface area contributed by atoms with Gasteiger partial charge in [0.05, 0.1) is 19.6 Å². The smallest absolute Gasteiger partial charge is 0.198 e. The molecule has 0 bridgehead atoms. The highest BCUT2D eigenvalue weighted by molar-refractivity contribution is 5.76. The number of rotatable bonds is 15. The number of nitrogens with zero attached hydrogens (tertiary/aromatic N) is 2. The van der Waals surface area contributed by atoms with Crippen molar-refractivity contribution in [3.63, 3.8) is 0 Å². The fourth-order valence-corrected chi connectivity index (χ4v) is 5.25. The molecule has 2 nitrogen and oxygen atoms in total. The van der Waals surface area contributed by atoms with Crippen LogP contribution in [0.3, 0.4) is 0 Å². The van der Waals surface area contributed by atoms with Gasteiger partial charge in [0.1, 0.15) is 0 Å². The minimum Gasteiger partial charge on any atom is -0.279 e. The normalized spacial score (nSPS) is 22.9. The Bertz CT molecular complexity index is 390. The fraction of sp³-hybridized carbons (Fsp3) is 0.960. The number of aliphatic imine (C=N–C) groups is 1. The molecular weight excluding hydrogens is 328 g/mol. The van der Waals surface area contributed by atoms with Crippen LogP contribution in [0.15, 0.2) is 4.99 Å². The van der Waals surface area contributed by atoms with E-state index in [0.717, 1.165) is 6.54 Å². The highest BCUT2D eigenvalue weighted by Gasteiger charge is 2.36. The first-order chi connectivity index (χ1) is 13.4. The van der Waals surface area contributed by atoms with Crippen molar-refractivity contribution in [2.24, 2.45) is 4.99 Å². The van der Waals surface area contributed by atoms with E-state index in [-0.39, 0.29) is 0 Å². The molecule has 27 heavy (non-hydrogen) atoms. The summed E-state index contributed by atoms with van der Waals surface area (Å²) in [7, 11) is 0. The van der Waals surface area contributed by atoms with Crippen LogP contribution in [0.4, 0.5) is 0 Å². The van der Waals surface area contributed by atoms with Gasteiger partial charge < -0.3 is 0 Å². The molecule has 0 N–H and O–H groups in total. The maximum absolute atomic E-state index is 4.96. The van der Waals surface area contributed by atoms with Crippen molar-refractivity contribution >= 4 is 5.84 Å². The van der Waals surface area contributed by atoms with Gasteiger partial charge in [-0.05, 0) is 32.1 Å². The van der Waals surface area contributed by atoms with Gasteiger partial charge in [0.15, 0.2) is 5.84 Å². The van der Waals surface area contributed by atoms with E-state index < -0.39 is 0 Å². The van der Waals surface area contributed by atoms with Crippen LogP contribution >= 0.6 is 0 Å². The average Bonchev–Trinajstić information content (AvgIpc) is 2.91. The second-order valence-corrected chi connectivity index (χ2v) is 9.37. The van der Waals surface area contributed by atoms with E-state index in [0.29, 0.717) is 0 Å². The summed E-state index contributed by atoms with van der Waals surface area (Å²) in [4.78, 5) is 4.96. The molecule has 2 rings (SSSR count). The van der Waals surface area contributed by atoms with E-state index in [4.69, 9.17) is 4.99 Å². The minimum absolute atomic E-state index is 1.11. The van der Waals surface area contributed by atoms with Crippen molar-refractivity contribution in [2.75, 3.05) is 26.2 Å². The topological polar surface area (TPSA) is 12.4 Å². The van der Waals surface area contributed by atoms with Gasteiger partial charge in [-0.2, -0.15) is 0 Å². The molecule has 2 aliphatic rings. The molecule has 0 aliphatic carbocycles. The summed E-state index contributed by atoms with van der Waals surface area (Å²) in [6.07, 6.45) is 27.3. The Kier molecular flexibility index (Phi) is 12.4. The average molecular weight is 378 g/mol. The lowest BCUT2D eigenvalue weighted by molar-refractivity contribution is -0.845. The molecule has 2 heterocycles. The maximum Gasteiger partial charge on any atom is 0.198 e. The first kappa shape index (κ1) is 22.9. The van der Waals surface area contributed by atoms with Crippen LogP contribution in [0.2, 0.25) is 0 Å². The molecule has 0 radical (unpaired) electrons. The Morgan fingerprint density at radius 1 is 0.630 bits per heavy atom. The van der Waals surface area contributed by atoms with Crippen LogP contribution in [0, 0.1) is 0 Å². The van der Waals surface area contributed by atoms with Crippen molar-refractivity contribution in [3.05, 3.63) is 0 Å². The number of amidine groups is 1. The quantitative estimate of drug-likeness (QED) is 0.205. The predicted molar refractivity (Wildman–Crippen MR) is 121 cm³/mol. The van der Waals surface area contributed by atoms with Gasteiger partial charge in [0, 0.05) is 19.4 Å². The summed E-state index contributed by atoms with van der Waals surface area (Å²) in [5.41, 5.74) is 0. The van der Waals surface area contributed by atoms with Crippen molar-refractivity contribution in [3.8, 4) is 0 Å². The van der Waals surface area contributed by atoms with Gasteiger partial charge in [0.25, 0.3) is 0 Å². The monoisotopic (exact) mass is 377 g/mol. The van der Waals surface area contributed by atoms with E-state index in [1.54, 1.807) is 5.84 Å². The van der Waals surface area contributed by atoms with Crippen LogP contribution in [0.1, 0.15) is 129 Å². The van der Waals surface area contributed by atoms with E-state index in [1.807, 2.05) is 0 Å². The molecule has 0 aromatic heterocycles. The molecule has 0 saturated carbocycles. The van der Waals surface area contributed by atoms with Crippen molar-refractivity contribution in [1.29, 1.82) is 0 Å². The van der Waals surface area contributed by atoms with Crippen molar-refractivity contribution in [2.45, 2.75) is 129 Å². The second-order valence-electron chi connectivity index (χ2n) is 9.37. The van der Waals surface area contributed by atoms with Crippen LogP contribution in [0.5, 0.6) is 0 Å². The molecule has 1 fully saturated rings. The predicted octanol–water partition coefficient (Wildman–Crippen LogP) is 7.66. The zero-order chi connectivity index (χ0) is 19.0. The minimum atomic E-state index is 1.11. The van der Waals surface area contributed by atoms with E-state index in [9.17, 15) is 0 Å². The molecule has 2 heteroatoms. The third-order valence-corrected chi connectivity index (χ3v) is 7.01. The summed E-state index contributed by atoms with van der Waals surface area (Å²) in [5, 5.41) is 0. The van der Waals surface area contributed by atoms with Gasteiger partial charge in [-0.15, -0.1) is 0 Å². The lowest BCUT2D eigenvalue weighted by Gasteiger charge is -2.40. The van der Waals surface area contributed by atoms with Crippen molar-refractivity contribution < 1.29 is 4.48 Å². The SMILES string of the molecule is CCCCCCCCCCCCCCCC[N+]12CCCCCC1=NCCC2. The van der Waals surface area contributed by atoms with E-state index >= 15 is 0 Å². The number of unbranched alkanes of at least 4 members (excludes halogenated alkanes) is 13. The number of hydrogen-bond donors (Lipinski definition) is 0. The first-order valence-electron chi connectivity index (χ1n) is 12.8. The third kappa shape index (κ3) is 9.11. The summed E-state index contributed by atoms with van der Waals surface area (Å²) in [6.45, 7) is 7.57. The van der Waals surface area contributed by atoms with E-state index in [1.165, 1.54) is 146 Å². The van der Waals surface area contributed by atoms with Crippen LogP contribution in [-0.2, 0) is 0 Å². The summed E-state index contributed by atoms with van der Waals surface area (Å²) in [6, 6.07) is 0. The lowest BCUT2D eigenvalue weighted by Crippen LogP contribution is -2.55. The van der Waals surface area contributed by atoms with E-state index in [2.05, 4.69) is 6.92 Å². The maximum atomic E-state index is 4.96. The Morgan fingerprint density at radius 2 is 1.19 bits per heavy atom. The van der Waals surface area contributed by atoms with Gasteiger partial charge in [-0.1, -0.05) is 84.0 Å². The standard InChI is InChI=1S/C25H49N2/c1-2-3-4-5-6-7-8-9-10-11-12-13-14-17-22-27-23-18-15-16-20-25(27)26-21-19-24-27/h2-24H2,1H3/q+1. The zero-order valence-electron chi connectivity index (χ0n) is 18.7. The lowest BCUT2D eigenvalue weighted by atomic mass is 10.0. The molecule has 1 unspecified atom stereocenters. The Hall–Kier alpha value is -0.370. The largest absolute Gasteiger partial charge is 0.279 e. The highest BCUT2D eigenvalue weighted by atomic mass is 15.4. The molecule has 0 spiro atoms. The van der Waals surface area contributed by atoms with Gasteiger partial charge in [0.2, 0.25) is 0 Å². The summed E-state index contributed by atoms with van der Waals surface area (Å²) >= 11 is 0. The molecule has 1 saturated heterocycles. The number of fused-ring (bicyclic) bond motifs is 1. The Balaban J connectivity index is 1.43. The molecule has 0 aromatic carbocycles. The summed E-state index contributed by atoms with van der Waals surface area (Å²) < 4.78 is 1.29. The molecule has 1 atom stereocenters. The molecule has 2 aliphatic heterocycles. The highest BCUT2D eigenvalue weighted by Crippen LogP contribution is 2.26. The first-order valence-corrected chi connectivity index (χ1v) is 12.8. The third-order valence-electron chi connectivity index (χ3n) is 7.01. The fourth-order valence-electron chi connectivity index (χ4n) is 5.25. The Labute approximate surface area is 170 Å². The molecule has 0 aromatic rings. The van der Waals surface area contributed by atoms with Gasteiger partial charge >= 0.3 is 0 Å². The Morgan fingerprint density at radius 3 is 1.81 bits per heavy atom. The second kappa shape index (κ2) is 14.6. The molecule has 0 amide bonds. The molecular formula is C25H49N2+. The number of hydrogen-bond acceptors (Lipinski definition) is 1. The number of quaternary nitrogens is 1. The molecule has 158 valence electrons. The van der Waals surface area contributed by atoms with Gasteiger partial charge in [-0.25, -0.2) is 4.99 Å². The van der Waals surface area contributed by atoms with Crippen LogP contribution in [0.25, 0.3) is 0 Å². The van der Waals surface area contributed by atoms with Gasteiger partial charge in [-0.3, -0.25) is 4.48 Å². The van der Waals surface area contributed by atoms with Crippen molar-refractivity contribution in [1.82, 2.24) is 0 Å². The summed E-state index contributed by atoms with van der Waals surface area (Å²) in [5.74, 6) is 1.58. The zero-order valence-corrected chi connectivity index (χ0v) is 18.7.